The fourth-order valence-corrected chi connectivity index (χ4v) is 3.70. The fraction of sp³-hybridized carbons (Fsp3) is 0.250. The summed E-state index contributed by atoms with van der Waals surface area (Å²) in [4.78, 5) is 30.2. The third-order valence-corrected chi connectivity index (χ3v) is 5.36. The molecule has 0 bridgehead atoms. The molecule has 1 aliphatic carbocycles. The summed E-state index contributed by atoms with van der Waals surface area (Å²) in [6.07, 6.45) is 7.66. The Morgan fingerprint density at radius 3 is 2.66 bits per heavy atom. The van der Waals surface area contributed by atoms with Crippen molar-refractivity contribution in [1.29, 1.82) is 5.26 Å². The third kappa shape index (κ3) is 4.67. The lowest BCUT2D eigenvalue weighted by molar-refractivity contribution is -0.117. The topological polar surface area (TPSA) is 96.5 Å². The first-order chi connectivity index (χ1) is 15.5. The zero-order valence-electron chi connectivity index (χ0n) is 17.3. The molecule has 0 atom stereocenters. The molecule has 1 aromatic carbocycles. The predicted molar refractivity (Wildman–Crippen MR) is 117 cm³/mol. The fourth-order valence-electron chi connectivity index (χ4n) is 3.70. The first-order valence-corrected chi connectivity index (χ1v) is 10.4. The van der Waals surface area contributed by atoms with Crippen LogP contribution >= 0.6 is 0 Å². The van der Waals surface area contributed by atoms with E-state index in [9.17, 15) is 19.2 Å². The molecule has 7 nitrogen and oxygen atoms in total. The largest absolute Gasteiger partial charge is 0.438 e. The van der Waals surface area contributed by atoms with E-state index in [1.54, 1.807) is 18.2 Å². The van der Waals surface area contributed by atoms with E-state index in [4.69, 9.17) is 4.74 Å². The number of pyridine rings is 1. The van der Waals surface area contributed by atoms with Crippen molar-refractivity contribution in [2.45, 2.75) is 38.1 Å². The number of fused-ring (bicyclic) bond motifs is 1. The van der Waals surface area contributed by atoms with Gasteiger partial charge in [0.15, 0.2) is 0 Å². The van der Waals surface area contributed by atoms with Crippen LogP contribution in [0.15, 0.2) is 59.0 Å². The summed E-state index contributed by atoms with van der Waals surface area (Å²) < 4.78 is 20.3. The quantitative estimate of drug-likeness (QED) is 0.486. The van der Waals surface area contributed by atoms with E-state index in [-0.39, 0.29) is 28.8 Å². The van der Waals surface area contributed by atoms with Crippen LogP contribution in [0.3, 0.4) is 0 Å². The molecule has 1 amide bonds. The van der Waals surface area contributed by atoms with Gasteiger partial charge in [0.25, 0.3) is 11.5 Å². The molecule has 1 aliphatic rings. The molecule has 0 saturated heterocycles. The summed E-state index contributed by atoms with van der Waals surface area (Å²) >= 11 is 0. The van der Waals surface area contributed by atoms with Gasteiger partial charge in [-0.3, -0.25) is 14.0 Å². The molecule has 4 rings (SSSR count). The lowest BCUT2D eigenvalue weighted by atomic mass is 9.95. The zero-order chi connectivity index (χ0) is 22.5. The highest BCUT2D eigenvalue weighted by Crippen LogP contribution is 2.24. The number of nitriles is 1. The van der Waals surface area contributed by atoms with Gasteiger partial charge in [-0.2, -0.15) is 10.2 Å². The second-order valence-electron chi connectivity index (χ2n) is 7.60. The minimum Gasteiger partial charge on any atom is -0.438 e. The van der Waals surface area contributed by atoms with Gasteiger partial charge in [-0.25, -0.2) is 4.39 Å². The van der Waals surface area contributed by atoms with Crippen molar-refractivity contribution in [3.05, 3.63) is 76.0 Å². The van der Waals surface area contributed by atoms with Crippen molar-refractivity contribution in [2.24, 2.45) is 0 Å². The second kappa shape index (κ2) is 9.43. The molecular weight excluding hydrogens is 411 g/mol. The average molecular weight is 432 g/mol. The molecule has 2 heterocycles. The Hall–Kier alpha value is -3.99. The first kappa shape index (κ1) is 21.2. The van der Waals surface area contributed by atoms with Gasteiger partial charge in [0.2, 0.25) is 5.88 Å². The number of nitrogens with zero attached hydrogens (tertiary/aromatic N) is 3. The highest BCUT2D eigenvalue weighted by atomic mass is 19.1. The Labute approximate surface area is 183 Å². The number of nitrogens with one attached hydrogen (secondary N) is 1. The van der Waals surface area contributed by atoms with E-state index in [1.807, 2.05) is 6.07 Å². The molecule has 8 heteroatoms. The molecule has 1 fully saturated rings. The highest BCUT2D eigenvalue weighted by Gasteiger charge is 2.20. The minimum atomic E-state index is -0.537. The van der Waals surface area contributed by atoms with Crippen LogP contribution in [0.1, 0.15) is 37.7 Å². The van der Waals surface area contributed by atoms with Crippen LogP contribution in [0, 0.1) is 17.1 Å². The lowest BCUT2D eigenvalue weighted by Crippen LogP contribution is -2.36. The maximum absolute atomic E-state index is 13.3. The van der Waals surface area contributed by atoms with Gasteiger partial charge in [-0.05, 0) is 55.3 Å². The van der Waals surface area contributed by atoms with Crippen LogP contribution in [0.5, 0.6) is 11.6 Å². The maximum Gasteiger partial charge on any atom is 0.269 e. The number of rotatable bonds is 5. The molecule has 162 valence electrons. The summed E-state index contributed by atoms with van der Waals surface area (Å²) in [7, 11) is 0. The predicted octanol–water partition coefficient (Wildman–Crippen LogP) is 3.98. The standard InChI is InChI=1S/C24H21FN4O3/c25-17-9-11-19(12-10-17)32-23-20(24(31)29-13-5-4-8-21(29)28-23)14-16(15-26)22(30)27-18-6-2-1-3-7-18/h4-5,8-14,18H,1-3,6-7H2,(H,27,30). The van der Waals surface area contributed by atoms with Crippen LogP contribution in [-0.4, -0.2) is 21.3 Å². The number of carbonyl (C=O) groups is 1. The van der Waals surface area contributed by atoms with Crippen molar-refractivity contribution in [1.82, 2.24) is 14.7 Å². The van der Waals surface area contributed by atoms with Crippen molar-refractivity contribution >= 4 is 17.6 Å². The Morgan fingerprint density at radius 1 is 1.19 bits per heavy atom. The minimum absolute atomic E-state index is 0.0127. The van der Waals surface area contributed by atoms with Gasteiger partial charge >= 0.3 is 0 Å². The number of halogens is 1. The number of hydrogen-bond donors (Lipinski definition) is 1. The van der Waals surface area contributed by atoms with Gasteiger partial charge in [0.1, 0.15) is 34.4 Å². The van der Waals surface area contributed by atoms with Crippen molar-refractivity contribution in [3.63, 3.8) is 0 Å². The van der Waals surface area contributed by atoms with Crippen molar-refractivity contribution in [2.75, 3.05) is 0 Å². The molecule has 3 aromatic rings. The molecule has 0 spiro atoms. The molecule has 2 aromatic heterocycles. The molecule has 0 unspecified atom stereocenters. The molecule has 1 saturated carbocycles. The van der Waals surface area contributed by atoms with E-state index in [0.717, 1.165) is 32.1 Å². The van der Waals surface area contributed by atoms with E-state index in [2.05, 4.69) is 10.3 Å². The number of ether oxygens (including phenoxy) is 1. The lowest BCUT2D eigenvalue weighted by Gasteiger charge is -2.22. The van der Waals surface area contributed by atoms with E-state index < -0.39 is 17.3 Å². The monoisotopic (exact) mass is 432 g/mol. The van der Waals surface area contributed by atoms with Gasteiger partial charge < -0.3 is 10.1 Å². The van der Waals surface area contributed by atoms with E-state index in [1.165, 1.54) is 40.9 Å². The zero-order valence-corrected chi connectivity index (χ0v) is 17.3. The van der Waals surface area contributed by atoms with Gasteiger partial charge in [-0.15, -0.1) is 0 Å². The van der Waals surface area contributed by atoms with Crippen LogP contribution < -0.4 is 15.6 Å². The van der Waals surface area contributed by atoms with Gasteiger partial charge in [0, 0.05) is 12.2 Å². The van der Waals surface area contributed by atoms with E-state index in [0.29, 0.717) is 5.65 Å². The molecule has 1 N–H and O–H groups in total. The van der Waals surface area contributed by atoms with Gasteiger partial charge in [-0.1, -0.05) is 25.3 Å². The summed E-state index contributed by atoms with van der Waals surface area (Å²) in [5.41, 5.74) is -0.425. The number of benzene rings is 1. The smallest absolute Gasteiger partial charge is 0.269 e. The summed E-state index contributed by atoms with van der Waals surface area (Å²) in [5.74, 6) is -0.788. The Bertz CT molecular complexity index is 1270. The normalized spacial score (nSPS) is 14.7. The Morgan fingerprint density at radius 2 is 1.94 bits per heavy atom. The summed E-state index contributed by atoms with van der Waals surface area (Å²) in [6, 6.07) is 12.2. The molecule has 0 aliphatic heterocycles. The van der Waals surface area contributed by atoms with Crippen molar-refractivity contribution in [3.8, 4) is 17.7 Å². The maximum atomic E-state index is 13.3. The number of amides is 1. The second-order valence-corrected chi connectivity index (χ2v) is 7.60. The van der Waals surface area contributed by atoms with Gasteiger partial charge in [0.05, 0.1) is 0 Å². The summed E-state index contributed by atoms with van der Waals surface area (Å²) in [5, 5.41) is 12.5. The SMILES string of the molecule is N#CC(=Cc1c(Oc2ccc(F)cc2)nc2ccccn2c1=O)C(=O)NC1CCCCC1. The van der Waals surface area contributed by atoms with Crippen LogP contribution in [-0.2, 0) is 4.79 Å². The molecule has 0 radical (unpaired) electrons. The molecule has 32 heavy (non-hydrogen) atoms. The van der Waals surface area contributed by atoms with Crippen LogP contribution in [0.2, 0.25) is 0 Å². The Balaban J connectivity index is 1.75. The Kier molecular flexibility index (Phi) is 6.26. The van der Waals surface area contributed by atoms with E-state index >= 15 is 0 Å². The summed E-state index contributed by atoms with van der Waals surface area (Å²) in [6.45, 7) is 0. The average Bonchev–Trinajstić information content (AvgIpc) is 2.81. The van der Waals surface area contributed by atoms with Crippen LogP contribution in [0.25, 0.3) is 11.7 Å². The third-order valence-electron chi connectivity index (χ3n) is 5.36. The number of aromatic nitrogens is 2. The highest BCUT2D eigenvalue weighted by molar-refractivity contribution is 6.02. The number of carbonyl (C=O) groups excluding carboxylic acids is 1. The molecular formula is C24H21FN4O3. The first-order valence-electron chi connectivity index (χ1n) is 10.4. The van der Waals surface area contributed by atoms with Crippen LogP contribution in [0.4, 0.5) is 4.39 Å². The van der Waals surface area contributed by atoms with Crippen molar-refractivity contribution < 1.29 is 13.9 Å². The number of hydrogen-bond acceptors (Lipinski definition) is 5.